The summed E-state index contributed by atoms with van der Waals surface area (Å²) in [5.41, 5.74) is 2.03. The first-order valence-electron chi connectivity index (χ1n) is 10.5. The number of allylic oxidation sites excluding steroid dienone is 3. The van der Waals surface area contributed by atoms with E-state index in [9.17, 15) is 0 Å². The molecule has 2 nitrogen and oxygen atoms in total. The molecule has 2 saturated heterocycles. The third-order valence-electron chi connectivity index (χ3n) is 7.80. The third kappa shape index (κ3) is 2.87. The first-order valence-corrected chi connectivity index (χ1v) is 10.5. The van der Waals surface area contributed by atoms with Crippen molar-refractivity contribution in [2.24, 2.45) is 22.2 Å². The van der Waals surface area contributed by atoms with Crippen molar-refractivity contribution < 1.29 is 9.47 Å². The highest BCUT2D eigenvalue weighted by Gasteiger charge is 2.74. The van der Waals surface area contributed by atoms with Crippen molar-refractivity contribution in [1.82, 2.24) is 0 Å². The van der Waals surface area contributed by atoms with Gasteiger partial charge in [0.1, 0.15) is 5.76 Å². The minimum atomic E-state index is -0.0970. The normalized spacial score (nSPS) is 41.2. The molecule has 2 fully saturated rings. The highest BCUT2D eigenvalue weighted by molar-refractivity contribution is 5.33. The molecule has 0 saturated carbocycles. The van der Waals surface area contributed by atoms with E-state index in [0.717, 1.165) is 19.3 Å². The molecule has 0 aromatic rings. The van der Waals surface area contributed by atoms with Gasteiger partial charge in [-0.3, -0.25) is 0 Å². The van der Waals surface area contributed by atoms with Gasteiger partial charge in [0.2, 0.25) is 0 Å². The van der Waals surface area contributed by atoms with Gasteiger partial charge < -0.3 is 9.47 Å². The summed E-state index contributed by atoms with van der Waals surface area (Å²) in [5.74, 6) is 1.77. The summed E-state index contributed by atoms with van der Waals surface area (Å²) in [4.78, 5) is 0. The molecule has 1 aliphatic carbocycles. The lowest BCUT2D eigenvalue weighted by Crippen LogP contribution is -2.57. The summed E-state index contributed by atoms with van der Waals surface area (Å²) in [6.45, 7) is 16.3. The Morgan fingerprint density at radius 1 is 1.31 bits per heavy atom. The zero-order chi connectivity index (χ0) is 19.4. The maximum atomic E-state index is 6.84. The van der Waals surface area contributed by atoms with Crippen LogP contribution in [0.25, 0.3) is 0 Å². The number of methoxy groups -OCH3 is 1. The van der Waals surface area contributed by atoms with Gasteiger partial charge in [0, 0.05) is 5.92 Å². The summed E-state index contributed by atoms with van der Waals surface area (Å²) in [6, 6.07) is 0. The molecule has 3 rings (SSSR count). The van der Waals surface area contributed by atoms with Gasteiger partial charge in [-0.2, -0.15) is 0 Å². The first kappa shape index (κ1) is 20.0. The van der Waals surface area contributed by atoms with Gasteiger partial charge >= 0.3 is 0 Å². The van der Waals surface area contributed by atoms with E-state index in [4.69, 9.17) is 9.47 Å². The highest BCUT2D eigenvalue weighted by atomic mass is 16.5. The Hall–Kier alpha value is -0.760. The maximum absolute atomic E-state index is 6.84. The molecule has 0 aromatic carbocycles. The summed E-state index contributed by atoms with van der Waals surface area (Å²) < 4.78 is 12.8. The lowest BCUT2D eigenvalue weighted by atomic mass is 9.47. The van der Waals surface area contributed by atoms with Gasteiger partial charge in [-0.05, 0) is 69.8 Å². The minimum absolute atomic E-state index is 0.0239. The van der Waals surface area contributed by atoms with E-state index >= 15 is 0 Å². The molecule has 148 valence electrons. The molecule has 2 bridgehead atoms. The predicted molar refractivity (Wildman–Crippen MR) is 109 cm³/mol. The Bertz CT molecular complexity index is 606. The van der Waals surface area contributed by atoms with Crippen LogP contribution in [0.2, 0.25) is 0 Å². The van der Waals surface area contributed by atoms with Crippen molar-refractivity contribution in [1.29, 1.82) is 0 Å². The average Bonchev–Trinajstić information content (AvgIpc) is 2.94. The van der Waals surface area contributed by atoms with Crippen molar-refractivity contribution in [2.75, 3.05) is 7.11 Å². The molecule has 0 aromatic heterocycles. The van der Waals surface area contributed by atoms with Crippen LogP contribution in [0.5, 0.6) is 0 Å². The number of fused-ring (bicyclic) bond motifs is 1. The van der Waals surface area contributed by atoms with Gasteiger partial charge in [0.25, 0.3) is 0 Å². The molecule has 0 radical (unpaired) electrons. The van der Waals surface area contributed by atoms with E-state index in [1.807, 2.05) is 7.11 Å². The van der Waals surface area contributed by atoms with Crippen LogP contribution in [0.1, 0.15) is 87.0 Å². The summed E-state index contributed by atoms with van der Waals surface area (Å²) in [7, 11) is 1.84. The third-order valence-corrected chi connectivity index (χ3v) is 7.80. The van der Waals surface area contributed by atoms with Gasteiger partial charge in [-0.15, -0.1) is 0 Å². The zero-order valence-corrected chi connectivity index (χ0v) is 18.4. The molecule has 0 amide bonds. The molecule has 5 atom stereocenters. The van der Waals surface area contributed by atoms with E-state index in [1.54, 1.807) is 0 Å². The van der Waals surface area contributed by atoms with E-state index in [1.165, 1.54) is 30.6 Å². The second-order valence-corrected chi connectivity index (χ2v) is 11.0. The number of hydrogen-bond donors (Lipinski definition) is 0. The summed E-state index contributed by atoms with van der Waals surface area (Å²) in [5, 5.41) is 0. The van der Waals surface area contributed by atoms with E-state index in [2.05, 4.69) is 60.6 Å². The Balaban J connectivity index is 1.89. The fraction of sp³-hybridized carbons (Fsp3) is 0.833. The van der Waals surface area contributed by atoms with Crippen molar-refractivity contribution >= 4 is 0 Å². The quantitative estimate of drug-likeness (QED) is 0.493. The molecule has 3 aliphatic rings. The van der Waals surface area contributed by atoms with Gasteiger partial charge in [-0.1, -0.05) is 45.8 Å². The molecule has 2 aliphatic heterocycles. The maximum Gasteiger partial charge on any atom is 0.101 e. The first-order chi connectivity index (χ1) is 12.0. The van der Waals surface area contributed by atoms with E-state index in [-0.39, 0.29) is 11.0 Å². The lowest BCUT2D eigenvalue weighted by molar-refractivity contribution is -0.0759. The van der Waals surface area contributed by atoms with Crippen LogP contribution >= 0.6 is 0 Å². The van der Waals surface area contributed by atoms with Crippen molar-refractivity contribution in [3.63, 3.8) is 0 Å². The largest absolute Gasteiger partial charge is 0.501 e. The van der Waals surface area contributed by atoms with Crippen molar-refractivity contribution in [3.05, 3.63) is 23.5 Å². The van der Waals surface area contributed by atoms with Gasteiger partial charge in [0.05, 0.1) is 24.2 Å². The Labute approximate surface area is 161 Å². The van der Waals surface area contributed by atoms with Crippen LogP contribution in [0, 0.1) is 22.2 Å². The molecular weight excluding hydrogens is 320 g/mol. The topological polar surface area (TPSA) is 18.5 Å². The molecule has 2 heteroatoms. The molecule has 26 heavy (non-hydrogen) atoms. The molecule has 0 N–H and O–H groups in total. The Kier molecular flexibility index (Phi) is 4.92. The molecule has 0 spiro atoms. The monoisotopic (exact) mass is 360 g/mol. The van der Waals surface area contributed by atoms with Crippen LogP contribution in [0.15, 0.2) is 23.5 Å². The van der Waals surface area contributed by atoms with Crippen LogP contribution in [-0.4, -0.2) is 18.8 Å². The smallest absolute Gasteiger partial charge is 0.101 e. The minimum Gasteiger partial charge on any atom is -0.501 e. The number of hydrogen-bond acceptors (Lipinski definition) is 2. The molecule has 2 heterocycles. The van der Waals surface area contributed by atoms with E-state index in [0.29, 0.717) is 22.9 Å². The number of rotatable bonds is 6. The predicted octanol–water partition coefficient (Wildman–Crippen LogP) is 6.66. The fourth-order valence-electron chi connectivity index (χ4n) is 6.24. The standard InChI is InChI=1S/C24H40O2/c1-17(2)12-15-24-16-20-22(6,14-9-13-21(3,4)5)18(23(24,7)26-20)10-11-19(24)25-8/h11-12,18,20H,9-10,13-16H2,1-8H3/t18-,20-,22+,23+,24-/m1/s1. The van der Waals surface area contributed by atoms with Crippen molar-refractivity contribution in [3.8, 4) is 0 Å². The molecular formula is C24H40O2. The number of ether oxygens (including phenoxy) is 2. The second-order valence-electron chi connectivity index (χ2n) is 11.0. The fourth-order valence-corrected chi connectivity index (χ4v) is 6.24. The van der Waals surface area contributed by atoms with Gasteiger partial charge in [-0.25, -0.2) is 0 Å². The van der Waals surface area contributed by atoms with Crippen molar-refractivity contribution in [2.45, 2.75) is 98.7 Å². The lowest BCUT2D eigenvalue weighted by Gasteiger charge is -2.55. The average molecular weight is 361 g/mol. The SMILES string of the molecule is COC1=CC[C@@H]2[C@](C)(CCCC(C)(C)C)[C@H]3C[C@@]1(CC=C(C)C)[C@@]2(C)O3. The molecule has 0 unspecified atom stereocenters. The summed E-state index contributed by atoms with van der Waals surface area (Å²) in [6.07, 6.45) is 12.3. The zero-order valence-electron chi connectivity index (χ0n) is 18.4. The Morgan fingerprint density at radius 3 is 2.58 bits per heavy atom. The summed E-state index contributed by atoms with van der Waals surface area (Å²) >= 11 is 0. The second kappa shape index (κ2) is 6.40. The van der Waals surface area contributed by atoms with Crippen LogP contribution in [0.3, 0.4) is 0 Å². The van der Waals surface area contributed by atoms with Gasteiger partial charge in [0.15, 0.2) is 0 Å². The Morgan fingerprint density at radius 2 is 2.00 bits per heavy atom. The van der Waals surface area contributed by atoms with Crippen LogP contribution < -0.4 is 0 Å². The highest BCUT2D eigenvalue weighted by Crippen LogP contribution is 2.72. The van der Waals surface area contributed by atoms with Crippen LogP contribution in [0.4, 0.5) is 0 Å². The van der Waals surface area contributed by atoms with Crippen LogP contribution in [-0.2, 0) is 9.47 Å². The van der Waals surface area contributed by atoms with E-state index < -0.39 is 0 Å².